The van der Waals surface area contributed by atoms with Crippen LogP contribution >= 0.6 is 0 Å². The van der Waals surface area contributed by atoms with Gasteiger partial charge in [0.25, 0.3) is 0 Å². The third-order valence-corrected chi connectivity index (χ3v) is 5.95. The fraction of sp³-hybridized carbons (Fsp3) is 0.227. The van der Waals surface area contributed by atoms with E-state index < -0.39 is 22.0 Å². The minimum atomic E-state index is -3.97. The standard InChI is InChI=1S/C22H23NO4S/c1-4-9-21(22(24)27-3)23(17-8-12-19-10-6-5-7-11-19)28(25,26)20-15-13-18(2)14-16-20/h4-7,10-11,13-16,21H,1,9,17H2,2-3H3/t21-/m0/s1. The Balaban J connectivity index is 2.45. The van der Waals surface area contributed by atoms with Gasteiger partial charge in [0.2, 0.25) is 10.0 Å². The SMILES string of the molecule is C=CC[C@@H](C(=O)OC)N(CC#Cc1ccccc1)S(=O)(=O)c1ccc(C)cc1. The largest absolute Gasteiger partial charge is 0.468 e. The Morgan fingerprint density at radius 3 is 2.39 bits per heavy atom. The quantitative estimate of drug-likeness (QED) is 0.409. The number of hydrogen-bond acceptors (Lipinski definition) is 4. The molecule has 0 radical (unpaired) electrons. The van der Waals surface area contributed by atoms with Crippen molar-refractivity contribution in [2.24, 2.45) is 0 Å². The number of benzene rings is 2. The molecule has 0 aliphatic rings. The number of esters is 1. The van der Waals surface area contributed by atoms with Gasteiger partial charge in [-0.2, -0.15) is 4.31 Å². The zero-order chi connectivity index (χ0) is 20.6. The molecule has 0 saturated carbocycles. The van der Waals surface area contributed by atoms with Gasteiger partial charge in [-0.3, -0.25) is 4.79 Å². The second-order valence-corrected chi connectivity index (χ2v) is 7.99. The summed E-state index contributed by atoms with van der Waals surface area (Å²) in [6, 6.07) is 14.6. The molecule has 2 aromatic carbocycles. The van der Waals surface area contributed by atoms with E-state index in [-0.39, 0.29) is 17.9 Å². The second-order valence-electron chi connectivity index (χ2n) is 6.09. The molecule has 0 aliphatic carbocycles. The number of ether oxygens (including phenoxy) is 1. The van der Waals surface area contributed by atoms with E-state index in [0.717, 1.165) is 15.4 Å². The average Bonchev–Trinajstić information content (AvgIpc) is 2.70. The van der Waals surface area contributed by atoms with E-state index in [2.05, 4.69) is 18.4 Å². The van der Waals surface area contributed by atoms with Crippen LogP contribution in [0.25, 0.3) is 0 Å². The average molecular weight is 397 g/mol. The van der Waals surface area contributed by atoms with E-state index in [4.69, 9.17) is 4.74 Å². The lowest BCUT2D eigenvalue weighted by molar-refractivity contribution is -0.144. The predicted octanol–water partition coefficient (Wildman–Crippen LogP) is 3.16. The highest BCUT2D eigenvalue weighted by molar-refractivity contribution is 7.89. The summed E-state index contributed by atoms with van der Waals surface area (Å²) in [5.74, 6) is 5.13. The third kappa shape index (κ3) is 5.32. The maximum Gasteiger partial charge on any atom is 0.324 e. The molecule has 0 bridgehead atoms. The van der Waals surface area contributed by atoms with E-state index in [1.54, 1.807) is 12.1 Å². The van der Waals surface area contributed by atoms with Gasteiger partial charge in [0, 0.05) is 5.56 Å². The molecular formula is C22H23NO4S. The van der Waals surface area contributed by atoms with Crippen molar-refractivity contribution in [2.75, 3.05) is 13.7 Å². The molecule has 6 heteroatoms. The van der Waals surface area contributed by atoms with Crippen LogP contribution in [0, 0.1) is 18.8 Å². The number of hydrogen-bond donors (Lipinski definition) is 0. The van der Waals surface area contributed by atoms with Crippen LogP contribution < -0.4 is 0 Å². The number of rotatable bonds is 7. The van der Waals surface area contributed by atoms with Gasteiger partial charge in [0.05, 0.1) is 18.6 Å². The summed E-state index contributed by atoms with van der Waals surface area (Å²) < 4.78 is 32.4. The summed E-state index contributed by atoms with van der Waals surface area (Å²) in [5.41, 5.74) is 1.69. The molecule has 0 aliphatic heterocycles. The minimum Gasteiger partial charge on any atom is -0.468 e. The van der Waals surface area contributed by atoms with Crippen molar-refractivity contribution in [2.45, 2.75) is 24.3 Å². The minimum absolute atomic E-state index is 0.0950. The second kappa shape index (κ2) is 9.88. The summed E-state index contributed by atoms with van der Waals surface area (Å²) in [4.78, 5) is 12.4. The van der Waals surface area contributed by atoms with E-state index in [1.165, 1.54) is 25.3 Å². The van der Waals surface area contributed by atoms with Crippen molar-refractivity contribution in [1.29, 1.82) is 0 Å². The Bertz CT molecular complexity index is 971. The zero-order valence-corrected chi connectivity index (χ0v) is 16.8. The van der Waals surface area contributed by atoms with Crippen LogP contribution in [0.2, 0.25) is 0 Å². The summed E-state index contributed by atoms with van der Waals surface area (Å²) >= 11 is 0. The molecule has 0 heterocycles. The van der Waals surface area contributed by atoms with Crippen LogP contribution in [0.3, 0.4) is 0 Å². The van der Waals surface area contributed by atoms with Crippen molar-refractivity contribution >= 4 is 16.0 Å². The Hall–Kier alpha value is -2.88. The first-order valence-corrected chi connectivity index (χ1v) is 10.2. The Kier molecular flexibility index (Phi) is 7.56. The van der Waals surface area contributed by atoms with Crippen LogP contribution in [0.4, 0.5) is 0 Å². The molecule has 146 valence electrons. The molecule has 0 spiro atoms. The Morgan fingerprint density at radius 2 is 1.82 bits per heavy atom. The molecule has 5 nitrogen and oxygen atoms in total. The highest BCUT2D eigenvalue weighted by atomic mass is 32.2. The number of carbonyl (C=O) groups is 1. The Labute approximate surface area is 166 Å². The van der Waals surface area contributed by atoms with Crippen LogP contribution in [-0.2, 0) is 19.6 Å². The maximum atomic E-state index is 13.2. The smallest absolute Gasteiger partial charge is 0.324 e. The fourth-order valence-electron chi connectivity index (χ4n) is 2.57. The summed E-state index contributed by atoms with van der Waals surface area (Å²) in [5, 5.41) is 0. The van der Waals surface area contributed by atoms with Crippen molar-refractivity contribution in [3.63, 3.8) is 0 Å². The highest BCUT2D eigenvalue weighted by Gasteiger charge is 2.35. The fourth-order valence-corrected chi connectivity index (χ4v) is 4.07. The van der Waals surface area contributed by atoms with Crippen LogP contribution in [-0.4, -0.2) is 38.4 Å². The molecule has 0 N–H and O–H groups in total. The zero-order valence-electron chi connectivity index (χ0n) is 16.0. The van der Waals surface area contributed by atoms with E-state index >= 15 is 0 Å². The lowest BCUT2D eigenvalue weighted by Crippen LogP contribution is -2.45. The first kappa shape index (κ1) is 21.4. The van der Waals surface area contributed by atoms with Gasteiger partial charge in [-0.05, 0) is 37.6 Å². The van der Waals surface area contributed by atoms with Gasteiger partial charge in [-0.15, -0.1) is 6.58 Å². The molecule has 2 aromatic rings. The van der Waals surface area contributed by atoms with Gasteiger partial charge in [-0.25, -0.2) is 8.42 Å². The third-order valence-electron chi connectivity index (χ3n) is 4.08. The lowest BCUT2D eigenvalue weighted by Gasteiger charge is -2.26. The van der Waals surface area contributed by atoms with E-state index in [1.807, 2.05) is 37.3 Å². The van der Waals surface area contributed by atoms with E-state index in [9.17, 15) is 13.2 Å². The van der Waals surface area contributed by atoms with Crippen LogP contribution in [0.15, 0.2) is 72.1 Å². The topological polar surface area (TPSA) is 63.7 Å². The molecule has 28 heavy (non-hydrogen) atoms. The van der Waals surface area contributed by atoms with Crippen molar-refractivity contribution in [3.05, 3.63) is 78.4 Å². The normalized spacial score (nSPS) is 12.0. The highest BCUT2D eigenvalue weighted by Crippen LogP contribution is 2.21. The number of sulfonamides is 1. The molecule has 0 amide bonds. The van der Waals surface area contributed by atoms with E-state index in [0.29, 0.717) is 0 Å². The first-order chi connectivity index (χ1) is 13.4. The van der Waals surface area contributed by atoms with Crippen molar-refractivity contribution in [1.82, 2.24) is 4.31 Å². The number of aryl methyl sites for hydroxylation is 1. The number of carbonyl (C=O) groups excluding carboxylic acids is 1. The molecule has 2 rings (SSSR count). The van der Waals surface area contributed by atoms with Gasteiger partial charge in [0.15, 0.2) is 0 Å². The summed E-state index contributed by atoms with van der Waals surface area (Å²) in [7, 11) is -2.74. The van der Waals surface area contributed by atoms with Crippen molar-refractivity contribution in [3.8, 4) is 11.8 Å². The van der Waals surface area contributed by atoms with Gasteiger partial charge >= 0.3 is 5.97 Å². The van der Waals surface area contributed by atoms with Crippen LogP contribution in [0.5, 0.6) is 0 Å². The van der Waals surface area contributed by atoms with Gasteiger partial charge < -0.3 is 4.74 Å². The van der Waals surface area contributed by atoms with Crippen LogP contribution in [0.1, 0.15) is 17.5 Å². The lowest BCUT2D eigenvalue weighted by atomic mass is 10.2. The number of nitrogens with zero attached hydrogens (tertiary/aromatic N) is 1. The maximum absolute atomic E-state index is 13.2. The van der Waals surface area contributed by atoms with Gasteiger partial charge in [0.1, 0.15) is 6.04 Å². The number of methoxy groups -OCH3 is 1. The first-order valence-electron chi connectivity index (χ1n) is 8.71. The van der Waals surface area contributed by atoms with Crippen molar-refractivity contribution < 1.29 is 17.9 Å². The molecule has 0 unspecified atom stereocenters. The summed E-state index contributed by atoms with van der Waals surface area (Å²) in [6.45, 7) is 5.34. The monoisotopic (exact) mass is 397 g/mol. The molecule has 0 fully saturated rings. The molecule has 0 saturated heterocycles. The molecule has 1 atom stereocenters. The van der Waals surface area contributed by atoms with Gasteiger partial charge in [-0.1, -0.05) is 53.8 Å². The molecule has 0 aromatic heterocycles. The predicted molar refractivity (Wildman–Crippen MR) is 109 cm³/mol. The molecular weight excluding hydrogens is 374 g/mol. The Morgan fingerprint density at radius 1 is 1.18 bits per heavy atom. The summed E-state index contributed by atoms with van der Waals surface area (Å²) in [6.07, 6.45) is 1.61.